The molecule has 2 saturated carbocycles. The molecule has 2 aliphatic rings. The zero-order valence-corrected chi connectivity index (χ0v) is 48.7. The van der Waals surface area contributed by atoms with Gasteiger partial charge in [-0.15, -0.1) is 11.3 Å². The van der Waals surface area contributed by atoms with Gasteiger partial charge in [0.15, 0.2) is 5.75 Å². The van der Waals surface area contributed by atoms with E-state index in [0.29, 0.717) is 100 Å². The van der Waals surface area contributed by atoms with Crippen molar-refractivity contribution in [3.63, 3.8) is 0 Å². The van der Waals surface area contributed by atoms with E-state index < -0.39 is 11.9 Å². The standard InChI is InChI=1S/C66H82N2O14S/c1-3-62(70)76-43-17-9-7-15-41-74-52-30-34-55(35-31-52)79-54-28-26-50(27-29-54)66(73)81-57-38-39-60(51(45-57)46-67-59(20-11-5-6-14-40-69)64-68-58-19-12-13-21-61(58)83-64)82-78-47-48-22-24-49(25-23-48)65(72)80-56-36-32-53(33-37-56)75-42-16-8-10-18-44-77-63(71)4-2/h3-4,12-13,19,21,30-39,45-46,48-50,54,59,69H,1-2,5-11,14-18,20,22-29,40-44,47H2. The Morgan fingerprint density at radius 2 is 1.13 bits per heavy atom. The van der Waals surface area contributed by atoms with Gasteiger partial charge in [0.25, 0.3) is 0 Å². The Labute approximate surface area is 492 Å². The van der Waals surface area contributed by atoms with Crippen molar-refractivity contribution in [3.8, 4) is 34.5 Å². The van der Waals surface area contributed by atoms with Crippen molar-refractivity contribution in [1.82, 2.24) is 4.98 Å². The average Bonchev–Trinajstić information content (AvgIpc) is 4.08. The smallest absolute Gasteiger partial charge is 0.330 e. The number of carbonyl (C=O) groups is 4. The molecule has 0 radical (unpaired) electrons. The minimum atomic E-state index is -0.401. The van der Waals surface area contributed by atoms with E-state index >= 15 is 0 Å². The van der Waals surface area contributed by atoms with Crippen LogP contribution in [-0.4, -0.2) is 85.9 Å². The molecule has 17 heteroatoms. The molecular formula is C66H82N2O14S. The average molecular weight is 1160 g/mol. The van der Waals surface area contributed by atoms with Crippen molar-refractivity contribution >= 4 is 51.6 Å². The van der Waals surface area contributed by atoms with Crippen LogP contribution in [0, 0.1) is 17.8 Å². The lowest BCUT2D eigenvalue weighted by Crippen LogP contribution is -2.30. The van der Waals surface area contributed by atoms with Gasteiger partial charge in [-0.3, -0.25) is 14.6 Å². The number of unbranched alkanes of at least 4 members (excludes halogenated alkanes) is 9. The van der Waals surface area contributed by atoms with E-state index in [0.717, 1.165) is 123 Å². The number of fused-ring (bicyclic) bond motifs is 1. The lowest BCUT2D eigenvalue weighted by molar-refractivity contribution is -0.218. The van der Waals surface area contributed by atoms with E-state index in [1.807, 2.05) is 42.5 Å². The monoisotopic (exact) mass is 1160 g/mol. The van der Waals surface area contributed by atoms with Crippen LogP contribution in [-0.2, 0) is 33.5 Å². The van der Waals surface area contributed by atoms with Gasteiger partial charge in [0.05, 0.1) is 61.2 Å². The Hall–Kier alpha value is -7.08. The highest BCUT2D eigenvalue weighted by Crippen LogP contribution is 2.35. The Morgan fingerprint density at radius 3 is 1.73 bits per heavy atom. The Kier molecular flexibility index (Phi) is 27.4. The first-order valence-corrected chi connectivity index (χ1v) is 30.5. The summed E-state index contributed by atoms with van der Waals surface area (Å²) in [6.45, 7) is 9.24. The molecule has 0 saturated heterocycles. The molecule has 16 nitrogen and oxygen atoms in total. The number of esters is 4. The Balaban J connectivity index is 0.886. The molecular weight excluding hydrogens is 1080 g/mol. The maximum absolute atomic E-state index is 13.8. The van der Waals surface area contributed by atoms with Gasteiger partial charge >= 0.3 is 23.9 Å². The number of aliphatic imine (C=N–C) groups is 1. The number of hydrogen-bond acceptors (Lipinski definition) is 17. The molecule has 1 N–H and O–H groups in total. The molecule has 0 spiro atoms. The third kappa shape index (κ3) is 22.5. The molecule has 1 atom stereocenters. The van der Waals surface area contributed by atoms with E-state index in [2.05, 4.69) is 19.2 Å². The fourth-order valence-electron chi connectivity index (χ4n) is 9.98. The SMILES string of the molecule is C=CC(=O)OCCCCCCOc1ccc(OC(=O)C2CCC(COOc3ccc(OC(=O)C4CCC(Oc5ccc(OCCCCCCOC(=O)C=C)cc5)CC4)cc3C=NC(CCCCCCO)c3nc4ccccc4s3)CC2)cc1. The Bertz CT molecular complexity index is 2770. The summed E-state index contributed by atoms with van der Waals surface area (Å²) in [7, 11) is 0. The molecule has 0 amide bonds. The molecule has 446 valence electrons. The number of aromatic nitrogens is 1. The Morgan fingerprint density at radius 1 is 0.602 bits per heavy atom. The van der Waals surface area contributed by atoms with Crippen molar-refractivity contribution < 1.29 is 67.2 Å². The van der Waals surface area contributed by atoms with Crippen LogP contribution >= 0.6 is 11.3 Å². The first kappa shape index (κ1) is 63.5. The summed E-state index contributed by atoms with van der Waals surface area (Å²) in [5.74, 6) is 1.81. The number of para-hydroxylation sites is 1. The van der Waals surface area contributed by atoms with Crippen LogP contribution in [0.15, 0.2) is 121 Å². The van der Waals surface area contributed by atoms with Crippen LogP contribution in [0.3, 0.4) is 0 Å². The molecule has 2 fully saturated rings. The van der Waals surface area contributed by atoms with Crippen molar-refractivity contribution in [2.75, 3.05) is 39.6 Å². The third-order valence-electron chi connectivity index (χ3n) is 14.8. The third-order valence-corrected chi connectivity index (χ3v) is 16.0. The second kappa shape index (κ2) is 35.8. The van der Waals surface area contributed by atoms with Crippen LogP contribution in [0.25, 0.3) is 10.2 Å². The largest absolute Gasteiger partial charge is 0.494 e. The first-order valence-electron chi connectivity index (χ1n) is 29.7. The van der Waals surface area contributed by atoms with E-state index in [1.54, 1.807) is 60.0 Å². The molecule has 0 aliphatic heterocycles. The molecule has 4 aromatic carbocycles. The van der Waals surface area contributed by atoms with Crippen molar-refractivity contribution in [3.05, 3.63) is 127 Å². The summed E-state index contributed by atoms with van der Waals surface area (Å²) >= 11 is 1.63. The quantitative estimate of drug-likeness (QED) is 0.00749. The fraction of sp³-hybridized carbons (Fsp3) is 0.485. The van der Waals surface area contributed by atoms with Crippen LogP contribution in [0.2, 0.25) is 0 Å². The topological polar surface area (TPSA) is 197 Å². The highest BCUT2D eigenvalue weighted by atomic mass is 32.1. The van der Waals surface area contributed by atoms with Gasteiger partial charge in [0.2, 0.25) is 0 Å². The molecule has 1 aromatic heterocycles. The number of aliphatic hydroxyl groups is 1. The molecule has 7 rings (SSSR count). The van der Waals surface area contributed by atoms with Crippen LogP contribution < -0.4 is 28.6 Å². The molecule has 0 bridgehead atoms. The highest BCUT2D eigenvalue weighted by Gasteiger charge is 2.30. The molecule has 1 heterocycles. The zero-order chi connectivity index (χ0) is 58.3. The van der Waals surface area contributed by atoms with Crippen LogP contribution in [0.4, 0.5) is 0 Å². The lowest BCUT2D eigenvalue weighted by atomic mass is 9.82. The highest BCUT2D eigenvalue weighted by molar-refractivity contribution is 7.18. The summed E-state index contributed by atoms with van der Waals surface area (Å²) in [6, 6.07) is 27.8. The van der Waals surface area contributed by atoms with Crippen LogP contribution in [0.5, 0.6) is 34.5 Å². The van der Waals surface area contributed by atoms with Gasteiger partial charge < -0.3 is 43.2 Å². The second-order valence-corrected chi connectivity index (χ2v) is 22.2. The molecule has 5 aromatic rings. The second-order valence-electron chi connectivity index (χ2n) is 21.2. The number of aliphatic hydroxyl groups excluding tert-OH is 1. The maximum atomic E-state index is 13.8. The number of thiazole rings is 1. The zero-order valence-electron chi connectivity index (χ0n) is 47.8. The van der Waals surface area contributed by atoms with Crippen molar-refractivity contribution in [2.45, 2.75) is 147 Å². The van der Waals surface area contributed by atoms with Crippen molar-refractivity contribution in [1.29, 1.82) is 0 Å². The summed E-state index contributed by atoms with van der Waals surface area (Å²) in [4.78, 5) is 71.4. The van der Waals surface area contributed by atoms with Gasteiger partial charge in [-0.2, -0.15) is 4.89 Å². The maximum Gasteiger partial charge on any atom is 0.330 e. The number of hydrogen-bond donors (Lipinski definition) is 1. The van der Waals surface area contributed by atoms with Gasteiger partial charge in [0, 0.05) is 30.5 Å². The predicted molar refractivity (Wildman–Crippen MR) is 319 cm³/mol. The van der Waals surface area contributed by atoms with E-state index in [-0.39, 0.29) is 48.4 Å². The molecule has 83 heavy (non-hydrogen) atoms. The van der Waals surface area contributed by atoms with E-state index in [4.69, 9.17) is 52.9 Å². The van der Waals surface area contributed by atoms with Gasteiger partial charge in [-0.25, -0.2) is 14.6 Å². The number of nitrogens with zero attached hydrogens (tertiary/aromatic N) is 2. The van der Waals surface area contributed by atoms with Gasteiger partial charge in [0.1, 0.15) is 39.8 Å². The van der Waals surface area contributed by atoms with E-state index in [9.17, 15) is 24.3 Å². The first-order chi connectivity index (χ1) is 40.7. The molecule has 2 aliphatic carbocycles. The summed E-state index contributed by atoms with van der Waals surface area (Å²) in [6.07, 6.45) is 21.1. The number of ether oxygens (including phenoxy) is 7. The van der Waals surface area contributed by atoms with Gasteiger partial charge in [-0.1, -0.05) is 44.6 Å². The number of benzene rings is 4. The lowest BCUT2D eigenvalue weighted by Gasteiger charge is -2.28. The normalized spacial score (nSPS) is 17.3. The predicted octanol–water partition coefficient (Wildman–Crippen LogP) is 14.0. The minimum Gasteiger partial charge on any atom is -0.494 e. The molecule has 1 unspecified atom stereocenters. The summed E-state index contributed by atoms with van der Waals surface area (Å²) < 4.78 is 41.1. The van der Waals surface area contributed by atoms with Crippen molar-refractivity contribution in [2.24, 2.45) is 22.7 Å². The van der Waals surface area contributed by atoms with Crippen LogP contribution in [0.1, 0.15) is 151 Å². The van der Waals surface area contributed by atoms with E-state index in [1.165, 1.54) is 12.2 Å². The fourth-order valence-corrected chi connectivity index (χ4v) is 11.0. The summed E-state index contributed by atoms with van der Waals surface area (Å²) in [5, 5.41) is 10.3. The minimum absolute atomic E-state index is 0.0281. The van der Waals surface area contributed by atoms with Gasteiger partial charge in [-0.05, 0) is 200 Å². The number of rotatable bonds is 37. The summed E-state index contributed by atoms with van der Waals surface area (Å²) in [5.41, 5.74) is 1.51. The number of carbonyl (C=O) groups excluding carboxylic acids is 4.